The molecule has 3 N–H and O–H groups in total. The summed E-state index contributed by atoms with van der Waals surface area (Å²) in [7, 11) is -3.82. The number of nitrogens with two attached hydrogens (primary N) is 1. The lowest BCUT2D eigenvalue weighted by Crippen LogP contribution is -2.33. The first-order chi connectivity index (χ1) is 12.8. The highest BCUT2D eigenvalue weighted by Gasteiger charge is 2.18. The fourth-order valence-corrected chi connectivity index (χ4v) is 2.82. The highest BCUT2D eigenvalue weighted by atomic mass is 32.2. The second-order valence-corrected chi connectivity index (χ2v) is 7.22. The number of anilines is 1. The molecule has 27 heavy (non-hydrogen) atoms. The molecule has 0 fully saturated rings. The van der Waals surface area contributed by atoms with Gasteiger partial charge < -0.3 is 5.32 Å². The number of benzene rings is 1. The minimum Gasteiger partial charge on any atom is -0.324 e. The number of amides is 1. The van der Waals surface area contributed by atoms with Gasteiger partial charge in [0, 0.05) is 24.1 Å². The van der Waals surface area contributed by atoms with Crippen molar-refractivity contribution in [2.75, 3.05) is 5.32 Å². The summed E-state index contributed by atoms with van der Waals surface area (Å²) in [6.07, 6.45) is 3.23. The Morgan fingerprint density at radius 3 is 2.48 bits per heavy atom. The van der Waals surface area contributed by atoms with Crippen molar-refractivity contribution in [1.29, 1.82) is 0 Å². The Balaban J connectivity index is 1.81. The Hall–Kier alpha value is -3.31. The number of sulfonamides is 1. The van der Waals surface area contributed by atoms with Crippen LogP contribution in [0, 0.1) is 0 Å². The van der Waals surface area contributed by atoms with E-state index in [0.717, 1.165) is 4.68 Å². The molecule has 1 aromatic carbocycles. The maximum absolute atomic E-state index is 12.5. The van der Waals surface area contributed by atoms with Gasteiger partial charge in [0.25, 0.3) is 5.56 Å². The van der Waals surface area contributed by atoms with Crippen molar-refractivity contribution in [3.05, 3.63) is 65.2 Å². The summed E-state index contributed by atoms with van der Waals surface area (Å²) in [4.78, 5) is 24.5. The van der Waals surface area contributed by atoms with Crippen LogP contribution in [0.5, 0.6) is 0 Å². The van der Waals surface area contributed by atoms with E-state index in [1.54, 1.807) is 18.5 Å². The fraction of sp³-hybridized carbons (Fsp3) is 0.125. The minimum atomic E-state index is -3.82. The molecule has 0 saturated heterocycles. The van der Waals surface area contributed by atoms with Crippen LogP contribution in [-0.2, 0) is 14.8 Å². The monoisotopic (exact) mass is 388 g/mol. The molecule has 0 aliphatic heterocycles. The molecule has 0 saturated carbocycles. The normalized spacial score (nSPS) is 12.5. The summed E-state index contributed by atoms with van der Waals surface area (Å²) < 4.78 is 25.0. The molecular weight excluding hydrogens is 372 g/mol. The van der Waals surface area contributed by atoms with Crippen LogP contribution < -0.4 is 16.0 Å². The standard InChI is InChI=1S/C16H16N6O4S/c1-11(16(24)19-12-3-5-13(6-4-12)27(17,25)26)22-15(23)8-7-14(20-22)21-10-2-9-18-21/h2-11H,1H3,(H,19,24)(H2,17,25,26)/t11-/m1/s1. The second kappa shape index (κ2) is 7.13. The van der Waals surface area contributed by atoms with E-state index in [2.05, 4.69) is 15.5 Å². The summed E-state index contributed by atoms with van der Waals surface area (Å²) in [6, 6.07) is 8.96. The van der Waals surface area contributed by atoms with Gasteiger partial charge in [-0.2, -0.15) is 5.10 Å². The first-order valence-corrected chi connectivity index (χ1v) is 9.34. The Morgan fingerprint density at radius 1 is 1.19 bits per heavy atom. The number of primary sulfonamides is 1. The zero-order valence-corrected chi connectivity index (χ0v) is 15.0. The molecular formula is C16H16N6O4S. The molecule has 11 heteroatoms. The third kappa shape index (κ3) is 4.10. The van der Waals surface area contributed by atoms with Crippen LogP contribution in [0.15, 0.2) is 64.5 Å². The van der Waals surface area contributed by atoms with Gasteiger partial charge in [0.1, 0.15) is 6.04 Å². The Morgan fingerprint density at radius 2 is 1.89 bits per heavy atom. The van der Waals surface area contributed by atoms with Crippen molar-refractivity contribution in [2.24, 2.45) is 5.14 Å². The molecule has 1 atom stereocenters. The number of carbonyl (C=O) groups excluding carboxylic acids is 1. The first kappa shape index (κ1) is 18.5. The van der Waals surface area contributed by atoms with Crippen molar-refractivity contribution in [1.82, 2.24) is 19.6 Å². The summed E-state index contributed by atoms with van der Waals surface area (Å²) in [5, 5.41) is 15.8. The van der Waals surface area contributed by atoms with Gasteiger partial charge in [-0.05, 0) is 43.3 Å². The first-order valence-electron chi connectivity index (χ1n) is 7.79. The van der Waals surface area contributed by atoms with E-state index < -0.39 is 27.5 Å². The number of hydrogen-bond acceptors (Lipinski definition) is 6. The number of carbonyl (C=O) groups is 1. The quantitative estimate of drug-likeness (QED) is 0.643. The number of nitrogens with zero attached hydrogens (tertiary/aromatic N) is 4. The summed E-state index contributed by atoms with van der Waals surface area (Å²) in [6.45, 7) is 1.52. The van der Waals surface area contributed by atoms with E-state index in [-0.39, 0.29) is 4.90 Å². The zero-order valence-electron chi connectivity index (χ0n) is 14.2. The van der Waals surface area contributed by atoms with Crippen molar-refractivity contribution < 1.29 is 13.2 Å². The van der Waals surface area contributed by atoms with Gasteiger partial charge in [0.15, 0.2) is 5.82 Å². The third-order valence-corrected chi connectivity index (χ3v) is 4.68. The minimum absolute atomic E-state index is 0.0710. The van der Waals surface area contributed by atoms with Gasteiger partial charge >= 0.3 is 0 Å². The van der Waals surface area contributed by atoms with Gasteiger partial charge in [0.05, 0.1) is 4.90 Å². The summed E-state index contributed by atoms with van der Waals surface area (Å²) in [5.74, 6) is -0.109. The third-order valence-electron chi connectivity index (χ3n) is 3.75. The van der Waals surface area contributed by atoms with E-state index in [1.165, 1.54) is 48.0 Å². The van der Waals surface area contributed by atoms with Gasteiger partial charge in [-0.15, -0.1) is 5.10 Å². The SMILES string of the molecule is C[C@H](C(=O)Nc1ccc(S(N)(=O)=O)cc1)n1nc(-n2cccn2)ccc1=O. The van der Waals surface area contributed by atoms with Gasteiger partial charge in [-0.25, -0.2) is 22.9 Å². The summed E-state index contributed by atoms with van der Waals surface area (Å²) >= 11 is 0. The molecule has 0 bridgehead atoms. The van der Waals surface area contributed by atoms with Crippen LogP contribution in [0.1, 0.15) is 13.0 Å². The van der Waals surface area contributed by atoms with E-state index in [9.17, 15) is 18.0 Å². The number of aromatic nitrogens is 4. The molecule has 0 radical (unpaired) electrons. The molecule has 0 aliphatic carbocycles. The lowest BCUT2D eigenvalue weighted by molar-refractivity contribution is -0.119. The van der Waals surface area contributed by atoms with E-state index >= 15 is 0 Å². The number of nitrogens with one attached hydrogen (secondary N) is 1. The molecule has 2 heterocycles. The second-order valence-electron chi connectivity index (χ2n) is 5.66. The lowest BCUT2D eigenvalue weighted by Gasteiger charge is -2.15. The molecule has 0 spiro atoms. The Bertz CT molecular complexity index is 1120. The predicted octanol–water partition coefficient (Wildman–Crippen LogP) is 0.276. The van der Waals surface area contributed by atoms with E-state index in [0.29, 0.717) is 11.5 Å². The zero-order chi connectivity index (χ0) is 19.6. The number of hydrogen-bond donors (Lipinski definition) is 2. The molecule has 2 aromatic heterocycles. The molecule has 3 aromatic rings. The predicted molar refractivity (Wildman–Crippen MR) is 96.8 cm³/mol. The van der Waals surface area contributed by atoms with Crippen molar-refractivity contribution in [3.8, 4) is 5.82 Å². The Labute approximate surface area is 154 Å². The maximum atomic E-state index is 12.5. The highest BCUT2D eigenvalue weighted by Crippen LogP contribution is 2.14. The fourth-order valence-electron chi connectivity index (χ4n) is 2.30. The van der Waals surface area contributed by atoms with E-state index in [1.807, 2.05) is 0 Å². The van der Waals surface area contributed by atoms with Crippen LogP contribution >= 0.6 is 0 Å². The van der Waals surface area contributed by atoms with Gasteiger partial charge in [-0.1, -0.05) is 0 Å². The molecule has 3 rings (SSSR count). The maximum Gasteiger partial charge on any atom is 0.267 e. The smallest absolute Gasteiger partial charge is 0.267 e. The summed E-state index contributed by atoms with van der Waals surface area (Å²) in [5.41, 5.74) is -0.0892. The van der Waals surface area contributed by atoms with Crippen LogP contribution in [0.2, 0.25) is 0 Å². The molecule has 0 aliphatic rings. The van der Waals surface area contributed by atoms with Gasteiger partial charge in [0.2, 0.25) is 15.9 Å². The van der Waals surface area contributed by atoms with Gasteiger partial charge in [-0.3, -0.25) is 9.59 Å². The largest absolute Gasteiger partial charge is 0.324 e. The van der Waals surface area contributed by atoms with Crippen LogP contribution in [0.25, 0.3) is 5.82 Å². The van der Waals surface area contributed by atoms with E-state index in [4.69, 9.17) is 5.14 Å². The average Bonchev–Trinajstić information content (AvgIpc) is 3.16. The van der Waals surface area contributed by atoms with Crippen molar-refractivity contribution >= 4 is 21.6 Å². The van der Waals surface area contributed by atoms with Crippen molar-refractivity contribution in [3.63, 3.8) is 0 Å². The van der Waals surface area contributed by atoms with Crippen molar-refractivity contribution in [2.45, 2.75) is 17.9 Å². The average molecular weight is 388 g/mol. The van der Waals surface area contributed by atoms with Crippen LogP contribution in [-0.4, -0.2) is 33.9 Å². The van der Waals surface area contributed by atoms with Crippen LogP contribution in [0.4, 0.5) is 5.69 Å². The topological polar surface area (TPSA) is 142 Å². The lowest BCUT2D eigenvalue weighted by atomic mass is 10.2. The molecule has 140 valence electrons. The highest BCUT2D eigenvalue weighted by molar-refractivity contribution is 7.89. The molecule has 0 unspecified atom stereocenters. The Kier molecular flexibility index (Phi) is 4.88. The molecule has 1 amide bonds. The van der Waals surface area contributed by atoms with Crippen LogP contribution in [0.3, 0.4) is 0 Å². The number of rotatable bonds is 5. The molecule has 10 nitrogen and oxygen atoms in total.